The van der Waals surface area contributed by atoms with Crippen molar-refractivity contribution in [2.75, 3.05) is 0 Å². The van der Waals surface area contributed by atoms with Crippen molar-refractivity contribution in [1.82, 2.24) is 15.0 Å². The predicted octanol–water partition coefficient (Wildman–Crippen LogP) is 5.81. The Morgan fingerprint density at radius 2 is 1.84 bits per heavy atom. The summed E-state index contributed by atoms with van der Waals surface area (Å²) in [5.41, 5.74) is 4.32. The first-order valence-electron chi connectivity index (χ1n) is 12.3. The highest BCUT2D eigenvalue weighted by molar-refractivity contribution is 5.57. The Labute approximate surface area is 185 Å². The summed E-state index contributed by atoms with van der Waals surface area (Å²) >= 11 is 0. The van der Waals surface area contributed by atoms with E-state index in [1.54, 1.807) is 5.57 Å². The van der Waals surface area contributed by atoms with Gasteiger partial charge in [0.05, 0.1) is 18.3 Å². The van der Waals surface area contributed by atoms with Gasteiger partial charge in [0.25, 0.3) is 0 Å². The van der Waals surface area contributed by atoms with Gasteiger partial charge in [0.1, 0.15) is 5.69 Å². The number of benzene rings is 1. The molecule has 0 aliphatic heterocycles. The van der Waals surface area contributed by atoms with Crippen LogP contribution in [0.3, 0.4) is 0 Å². The van der Waals surface area contributed by atoms with E-state index in [1.807, 2.05) is 6.07 Å². The summed E-state index contributed by atoms with van der Waals surface area (Å²) in [5, 5.41) is 19.4. The third kappa shape index (κ3) is 2.90. The second-order valence-corrected chi connectivity index (χ2v) is 11.2. The molecule has 1 heterocycles. The van der Waals surface area contributed by atoms with Gasteiger partial charge in [-0.15, -0.1) is 5.10 Å². The normalized spacial score (nSPS) is 41.8. The molecule has 0 radical (unpaired) electrons. The molecule has 4 nitrogen and oxygen atoms in total. The molecule has 0 bridgehead atoms. The van der Waals surface area contributed by atoms with Gasteiger partial charge in [0, 0.05) is 5.56 Å². The maximum atomic E-state index is 10.2. The van der Waals surface area contributed by atoms with Crippen molar-refractivity contribution in [3.05, 3.63) is 48.2 Å². The molecule has 4 heteroatoms. The van der Waals surface area contributed by atoms with E-state index in [9.17, 15) is 5.11 Å². The van der Waals surface area contributed by atoms with Gasteiger partial charge in [-0.1, -0.05) is 61.0 Å². The first kappa shape index (κ1) is 19.7. The second-order valence-electron chi connectivity index (χ2n) is 11.2. The first-order chi connectivity index (χ1) is 15.0. The van der Waals surface area contributed by atoms with E-state index in [4.69, 9.17) is 0 Å². The number of hydrogen-bond donors (Lipinski definition) is 1. The quantitative estimate of drug-likeness (QED) is 0.627. The lowest BCUT2D eigenvalue weighted by Gasteiger charge is -2.57. The molecule has 0 spiro atoms. The van der Waals surface area contributed by atoms with Crippen LogP contribution in [0.4, 0.5) is 0 Å². The summed E-state index contributed by atoms with van der Waals surface area (Å²) in [5.74, 6) is 2.33. The van der Waals surface area contributed by atoms with Gasteiger partial charge < -0.3 is 5.11 Å². The molecule has 0 amide bonds. The third-order valence-corrected chi connectivity index (χ3v) is 9.93. The molecule has 2 aromatic rings. The fourth-order valence-corrected chi connectivity index (χ4v) is 8.22. The van der Waals surface area contributed by atoms with Gasteiger partial charge in [0.15, 0.2) is 0 Å². The van der Waals surface area contributed by atoms with E-state index in [-0.39, 0.29) is 6.10 Å². The Hall–Kier alpha value is -1.94. The Bertz CT molecular complexity index is 997. The number of nitrogens with zero attached hydrogens (tertiary/aromatic N) is 3. The molecule has 4 aliphatic rings. The predicted molar refractivity (Wildman–Crippen MR) is 122 cm³/mol. The zero-order valence-corrected chi connectivity index (χ0v) is 18.9. The van der Waals surface area contributed by atoms with E-state index in [2.05, 4.69) is 65.4 Å². The van der Waals surface area contributed by atoms with Crippen molar-refractivity contribution in [1.29, 1.82) is 0 Å². The summed E-state index contributed by atoms with van der Waals surface area (Å²) in [6.07, 6.45) is 14.0. The summed E-state index contributed by atoms with van der Waals surface area (Å²) in [4.78, 5) is 0. The number of rotatable bonds is 2. The van der Waals surface area contributed by atoms with Gasteiger partial charge in [-0.05, 0) is 80.0 Å². The fraction of sp³-hybridized carbons (Fsp3) is 0.630. The van der Waals surface area contributed by atoms with Crippen LogP contribution < -0.4 is 0 Å². The van der Waals surface area contributed by atoms with E-state index in [0.29, 0.717) is 16.9 Å². The molecule has 164 valence electrons. The monoisotopic (exact) mass is 417 g/mol. The van der Waals surface area contributed by atoms with Gasteiger partial charge in [-0.2, -0.15) is 0 Å². The molecule has 31 heavy (non-hydrogen) atoms. The first-order valence-corrected chi connectivity index (χ1v) is 12.3. The standard InChI is InChI=1S/C27H35N3O/c1-26-14-12-20(31)16-19(26)8-9-21-22-10-11-25(27(22,2)15-13-23(21)26)30-17-24(28-29-30)18-6-4-3-5-7-18/h3-8,17,20-23,25,31H,9-16H2,1-2H3/t20-,21?,22-,23?,25-,26-,27-/m0/s1. The van der Waals surface area contributed by atoms with Crippen LogP contribution in [0.2, 0.25) is 0 Å². The topological polar surface area (TPSA) is 50.9 Å². The van der Waals surface area contributed by atoms with E-state index in [0.717, 1.165) is 48.3 Å². The average Bonchev–Trinajstić information content (AvgIpc) is 3.39. The third-order valence-electron chi connectivity index (χ3n) is 9.93. The van der Waals surface area contributed by atoms with Gasteiger partial charge in [-0.3, -0.25) is 0 Å². The maximum absolute atomic E-state index is 10.2. The molecule has 2 unspecified atom stereocenters. The molecule has 0 saturated heterocycles. The van der Waals surface area contributed by atoms with Crippen LogP contribution in [0.1, 0.15) is 71.3 Å². The van der Waals surface area contributed by atoms with E-state index in [1.165, 1.54) is 32.1 Å². The summed E-state index contributed by atoms with van der Waals surface area (Å²) in [6.45, 7) is 5.06. The minimum absolute atomic E-state index is 0.119. The van der Waals surface area contributed by atoms with Crippen molar-refractivity contribution >= 4 is 0 Å². The molecule has 6 rings (SSSR count). The van der Waals surface area contributed by atoms with Crippen LogP contribution in [-0.2, 0) is 0 Å². The smallest absolute Gasteiger partial charge is 0.113 e. The highest BCUT2D eigenvalue weighted by atomic mass is 16.3. The molecular weight excluding hydrogens is 382 g/mol. The number of hydrogen-bond acceptors (Lipinski definition) is 3. The van der Waals surface area contributed by atoms with Crippen molar-refractivity contribution < 1.29 is 5.11 Å². The summed E-state index contributed by atoms with van der Waals surface area (Å²) < 4.78 is 2.20. The van der Waals surface area contributed by atoms with E-state index >= 15 is 0 Å². The Morgan fingerprint density at radius 3 is 2.68 bits per heavy atom. The van der Waals surface area contributed by atoms with Gasteiger partial charge in [-0.25, -0.2) is 4.68 Å². The van der Waals surface area contributed by atoms with Crippen LogP contribution in [0.25, 0.3) is 11.3 Å². The average molecular weight is 418 g/mol. The van der Waals surface area contributed by atoms with Crippen molar-refractivity contribution in [2.45, 2.75) is 77.4 Å². The van der Waals surface area contributed by atoms with Crippen LogP contribution in [0.15, 0.2) is 48.2 Å². The molecule has 1 N–H and O–H groups in total. The zero-order valence-electron chi connectivity index (χ0n) is 18.9. The number of aliphatic hydroxyl groups excluding tert-OH is 1. The Morgan fingerprint density at radius 1 is 1.00 bits per heavy atom. The Balaban J connectivity index is 1.29. The molecule has 3 saturated carbocycles. The fourth-order valence-electron chi connectivity index (χ4n) is 8.22. The largest absolute Gasteiger partial charge is 0.393 e. The van der Waals surface area contributed by atoms with Crippen molar-refractivity contribution in [3.63, 3.8) is 0 Å². The lowest BCUT2D eigenvalue weighted by atomic mass is 9.48. The van der Waals surface area contributed by atoms with Gasteiger partial charge >= 0.3 is 0 Å². The molecule has 1 aromatic heterocycles. The lowest BCUT2D eigenvalue weighted by Crippen LogP contribution is -2.50. The SMILES string of the molecule is C[C@]12CCC3C(CC=C4C[C@@H](O)CC[C@@]43C)[C@@H]1CC[C@@H]2n1cc(-c2ccccc2)nn1. The highest BCUT2D eigenvalue weighted by Crippen LogP contribution is 2.67. The highest BCUT2D eigenvalue weighted by Gasteiger charge is 2.59. The van der Waals surface area contributed by atoms with E-state index < -0.39 is 0 Å². The molecule has 1 aromatic carbocycles. The molecule has 7 atom stereocenters. The maximum Gasteiger partial charge on any atom is 0.113 e. The van der Waals surface area contributed by atoms with Crippen LogP contribution in [0.5, 0.6) is 0 Å². The lowest BCUT2D eigenvalue weighted by molar-refractivity contribution is -0.0489. The summed E-state index contributed by atoms with van der Waals surface area (Å²) in [6, 6.07) is 10.9. The van der Waals surface area contributed by atoms with Gasteiger partial charge in [0.2, 0.25) is 0 Å². The van der Waals surface area contributed by atoms with Crippen molar-refractivity contribution in [2.24, 2.45) is 28.6 Å². The van der Waals surface area contributed by atoms with Crippen LogP contribution >= 0.6 is 0 Å². The summed E-state index contributed by atoms with van der Waals surface area (Å²) in [7, 11) is 0. The minimum atomic E-state index is -0.119. The van der Waals surface area contributed by atoms with Crippen LogP contribution in [0, 0.1) is 28.6 Å². The Kier molecular flexibility index (Phi) is 4.47. The second kappa shape index (κ2) is 7.03. The molecule has 4 aliphatic carbocycles. The number of fused-ring (bicyclic) bond motifs is 5. The number of aromatic nitrogens is 3. The molecular formula is C27H35N3O. The number of aliphatic hydroxyl groups is 1. The molecule has 3 fully saturated rings. The van der Waals surface area contributed by atoms with Crippen LogP contribution in [-0.4, -0.2) is 26.2 Å². The number of allylic oxidation sites excluding steroid dienone is 1. The minimum Gasteiger partial charge on any atom is -0.393 e. The van der Waals surface area contributed by atoms with Crippen molar-refractivity contribution in [3.8, 4) is 11.3 Å². The zero-order chi connectivity index (χ0) is 21.2.